The molecule has 0 saturated carbocycles. The van der Waals surface area contributed by atoms with Crippen molar-refractivity contribution in [1.82, 2.24) is 4.90 Å². The number of carbonyl (C=O) groups excluding carboxylic acids is 2. The molecule has 2 aliphatic heterocycles. The van der Waals surface area contributed by atoms with Gasteiger partial charge in [-0.3, -0.25) is 14.5 Å². The number of rotatable bonds is 2. The van der Waals surface area contributed by atoms with Gasteiger partial charge in [0.25, 0.3) is 11.8 Å². The molecule has 2 fully saturated rings. The van der Waals surface area contributed by atoms with Crippen LogP contribution in [0.5, 0.6) is 0 Å². The summed E-state index contributed by atoms with van der Waals surface area (Å²) >= 11 is 0. The molecule has 0 N–H and O–H groups in total. The molecule has 4 rings (SSSR count). The number of piperidine rings is 1. The number of hydrogen-bond acceptors (Lipinski definition) is 3. The van der Waals surface area contributed by atoms with Crippen molar-refractivity contribution in [3.63, 3.8) is 0 Å². The molecular formula is C17H17NO3. The molecule has 4 heteroatoms. The highest BCUT2D eigenvalue weighted by molar-refractivity contribution is 6.15. The molecule has 0 spiro atoms. The number of carbonyl (C=O) groups is 2. The van der Waals surface area contributed by atoms with E-state index in [-0.39, 0.29) is 29.8 Å². The average Bonchev–Trinajstić information content (AvgIpc) is 3.08. The molecule has 4 aliphatic rings. The molecule has 2 unspecified atom stereocenters. The first kappa shape index (κ1) is 12.8. The predicted molar refractivity (Wildman–Crippen MR) is 77.1 cm³/mol. The molecule has 2 heterocycles. The molecule has 0 aromatic heterocycles. The van der Waals surface area contributed by atoms with Gasteiger partial charge in [0, 0.05) is 23.0 Å². The fourth-order valence-corrected chi connectivity index (χ4v) is 3.46. The van der Waals surface area contributed by atoms with Gasteiger partial charge < -0.3 is 4.74 Å². The molecule has 0 aromatic rings. The lowest BCUT2D eigenvalue weighted by Crippen LogP contribution is -2.51. The summed E-state index contributed by atoms with van der Waals surface area (Å²) in [6.07, 6.45) is 11.7. The van der Waals surface area contributed by atoms with Gasteiger partial charge in [-0.1, -0.05) is 36.5 Å². The number of hydrogen-bond donors (Lipinski definition) is 0. The van der Waals surface area contributed by atoms with Crippen LogP contribution in [-0.4, -0.2) is 35.0 Å². The Hall–Kier alpha value is -1.94. The summed E-state index contributed by atoms with van der Waals surface area (Å²) in [6, 6.07) is 0. The number of imide groups is 1. The largest absolute Gasteiger partial charge is 0.365 e. The summed E-state index contributed by atoms with van der Waals surface area (Å²) in [5, 5.41) is 0. The Morgan fingerprint density at radius 1 is 1.14 bits per heavy atom. The van der Waals surface area contributed by atoms with E-state index in [1.807, 2.05) is 50.3 Å². The molecule has 21 heavy (non-hydrogen) atoms. The Bertz CT molecular complexity index is 626. The highest BCUT2D eigenvalue weighted by atomic mass is 16.6. The Balaban J connectivity index is 1.73. The number of amides is 2. The van der Waals surface area contributed by atoms with Crippen LogP contribution in [0.2, 0.25) is 0 Å². The van der Waals surface area contributed by atoms with Gasteiger partial charge in [0.1, 0.15) is 5.60 Å². The van der Waals surface area contributed by atoms with E-state index in [0.717, 1.165) is 11.1 Å². The number of epoxide rings is 1. The van der Waals surface area contributed by atoms with Crippen molar-refractivity contribution >= 4 is 11.8 Å². The molecule has 0 bridgehead atoms. The van der Waals surface area contributed by atoms with Crippen LogP contribution in [0, 0.1) is 11.8 Å². The lowest BCUT2D eigenvalue weighted by atomic mass is 9.71. The summed E-state index contributed by atoms with van der Waals surface area (Å²) in [7, 11) is 0. The van der Waals surface area contributed by atoms with Crippen LogP contribution in [0.15, 0.2) is 47.6 Å². The smallest absolute Gasteiger partial charge is 0.257 e. The predicted octanol–water partition coefficient (Wildman–Crippen LogP) is 1.76. The minimum absolute atomic E-state index is 0.0871. The van der Waals surface area contributed by atoms with Gasteiger partial charge in [-0.2, -0.15) is 0 Å². The molecule has 2 amide bonds. The highest BCUT2D eigenvalue weighted by Gasteiger charge is 2.54. The second kappa shape index (κ2) is 4.04. The normalized spacial score (nSPS) is 39.9. The van der Waals surface area contributed by atoms with Crippen LogP contribution in [-0.2, 0) is 14.3 Å². The zero-order chi connectivity index (χ0) is 14.8. The van der Waals surface area contributed by atoms with Crippen molar-refractivity contribution in [2.24, 2.45) is 11.8 Å². The molecule has 108 valence electrons. The first-order valence-electron chi connectivity index (χ1n) is 7.32. The van der Waals surface area contributed by atoms with Gasteiger partial charge >= 0.3 is 0 Å². The molecule has 4 nitrogen and oxygen atoms in total. The zero-order valence-corrected chi connectivity index (χ0v) is 12.1. The lowest BCUT2D eigenvalue weighted by molar-refractivity contribution is -0.143. The van der Waals surface area contributed by atoms with E-state index in [0.29, 0.717) is 6.54 Å². The van der Waals surface area contributed by atoms with E-state index in [4.69, 9.17) is 4.74 Å². The number of likely N-dealkylation sites (tertiary alicyclic amines) is 1. The molecule has 0 radical (unpaired) electrons. The number of ether oxygens (including phenoxy) is 1. The number of nitrogens with zero attached hydrogens (tertiary/aromatic N) is 1. The standard InChI is InChI=1S/C17H17NO3/c1-10-17(2,21-10)9-18-15(19)12-7-3-5-11-6-4-8-13(14(11)12)16(18)20/h3-8,10-11,14H,9H2,1-2H3. The van der Waals surface area contributed by atoms with Crippen LogP contribution in [0.1, 0.15) is 13.8 Å². The minimum Gasteiger partial charge on any atom is -0.365 e. The minimum atomic E-state index is -0.395. The van der Waals surface area contributed by atoms with Crippen LogP contribution in [0.4, 0.5) is 0 Å². The first-order chi connectivity index (χ1) is 10.0. The van der Waals surface area contributed by atoms with Crippen molar-refractivity contribution < 1.29 is 14.3 Å². The summed E-state index contributed by atoms with van der Waals surface area (Å²) in [4.78, 5) is 26.8. The highest BCUT2D eigenvalue weighted by Crippen LogP contribution is 2.43. The van der Waals surface area contributed by atoms with Crippen LogP contribution in [0.3, 0.4) is 0 Å². The molecule has 2 aliphatic carbocycles. The van der Waals surface area contributed by atoms with E-state index in [1.54, 1.807) is 0 Å². The van der Waals surface area contributed by atoms with Crippen molar-refractivity contribution in [3.05, 3.63) is 47.6 Å². The van der Waals surface area contributed by atoms with Gasteiger partial charge in [0.05, 0.1) is 12.6 Å². The van der Waals surface area contributed by atoms with E-state index in [1.165, 1.54) is 4.90 Å². The zero-order valence-electron chi connectivity index (χ0n) is 12.1. The van der Waals surface area contributed by atoms with Crippen molar-refractivity contribution in [2.75, 3.05) is 6.54 Å². The van der Waals surface area contributed by atoms with Crippen molar-refractivity contribution in [3.8, 4) is 0 Å². The van der Waals surface area contributed by atoms with E-state index >= 15 is 0 Å². The first-order valence-corrected chi connectivity index (χ1v) is 7.32. The Morgan fingerprint density at radius 2 is 1.67 bits per heavy atom. The van der Waals surface area contributed by atoms with Crippen LogP contribution in [0.25, 0.3) is 0 Å². The third-order valence-corrected chi connectivity index (χ3v) is 4.98. The van der Waals surface area contributed by atoms with Crippen LogP contribution >= 0.6 is 0 Å². The quantitative estimate of drug-likeness (QED) is 0.573. The molecule has 0 aromatic carbocycles. The summed E-state index contributed by atoms with van der Waals surface area (Å²) in [5.41, 5.74) is 1.04. The summed E-state index contributed by atoms with van der Waals surface area (Å²) in [6.45, 7) is 4.23. The van der Waals surface area contributed by atoms with Gasteiger partial charge in [0.2, 0.25) is 0 Å². The van der Waals surface area contributed by atoms with E-state index in [2.05, 4.69) is 0 Å². The Morgan fingerprint density at radius 3 is 2.14 bits per heavy atom. The second-order valence-electron chi connectivity index (χ2n) is 6.34. The van der Waals surface area contributed by atoms with Gasteiger partial charge in [-0.25, -0.2) is 0 Å². The summed E-state index contributed by atoms with van der Waals surface area (Å²) < 4.78 is 5.53. The second-order valence-corrected chi connectivity index (χ2v) is 6.34. The average molecular weight is 283 g/mol. The van der Waals surface area contributed by atoms with Gasteiger partial charge in [-0.05, 0) is 13.8 Å². The van der Waals surface area contributed by atoms with Gasteiger partial charge in [-0.15, -0.1) is 0 Å². The fourth-order valence-electron chi connectivity index (χ4n) is 3.46. The van der Waals surface area contributed by atoms with Crippen molar-refractivity contribution in [1.29, 1.82) is 0 Å². The lowest BCUT2D eigenvalue weighted by Gasteiger charge is -2.39. The maximum atomic E-state index is 12.7. The maximum absolute atomic E-state index is 12.7. The van der Waals surface area contributed by atoms with Gasteiger partial charge in [0.15, 0.2) is 0 Å². The molecule has 2 saturated heterocycles. The van der Waals surface area contributed by atoms with E-state index < -0.39 is 5.60 Å². The van der Waals surface area contributed by atoms with E-state index in [9.17, 15) is 9.59 Å². The monoisotopic (exact) mass is 283 g/mol. The molecule has 2 atom stereocenters. The third-order valence-electron chi connectivity index (χ3n) is 4.98. The number of allylic oxidation sites excluding steroid dienone is 6. The Labute approximate surface area is 123 Å². The topological polar surface area (TPSA) is 49.9 Å². The maximum Gasteiger partial charge on any atom is 0.257 e. The SMILES string of the molecule is CC1OC1(C)CN1C(=O)C2=CC=CC3C=CC=C(C1=O)C23. The summed E-state index contributed by atoms with van der Waals surface area (Å²) in [5.74, 6) is -0.334. The Kier molecular flexibility index (Phi) is 2.46. The fraction of sp³-hybridized carbons (Fsp3) is 0.412. The van der Waals surface area contributed by atoms with Crippen molar-refractivity contribution in [2.45, 2.75) is 25.6 Å². The van der Waals surface area contributed by atoms with Crippen LogP contribution < -0.4 is 0 Å². The third kappa shape index (κ3) is 1.72. The molecular weight excluding hydrogens is 266 g/mol.